The van der Waals surface area contributed by atoms with Gasteiger partial charge in [0.1, 0.15) is 48.8 Å². The lowest BCUT2D eigenvalue weighted by Crippen LogP contribution is -2.65. The number of aliphatic hydroxyl groups is 8. The summed E-state index contributed by atoms with van der Waals surface area (Å²) in [6.45, 7) is 0.368. The first-order chi connectivity index (χ1) is 16.6. The zero-order valence-corrected chi connectivity index (χ0v) is 19.0. The molecule has 4 fully saturated rings. The third-order valence-corrected chi connectivity index (χ3v) is 7.61. The molecule has 14 heteroatoms. The van der Waals surface area contributed by atoms with Gasteiger partial charge < -0.3 is 69.3 Å². The van der Waals surface area contributed by atoms with E-state index in [1.54, 1.807) is 0 Å². The van der Waals surface area contributed by atoms with Crippen molar-refractivity contribution in [1.82, 2.24) is 0 Å². The Bertz CT molecular complexity index is 733. The van der Waals surface area contributed by atoms with Gasteiger partial charge in [0.2, 0.25) is 0 Å². The first-order valence-corrected chi connectivity index (χ1v) is 11.6. The van der Waals surface area contributed by atoms with E-state index in [4.69, 9.17) is 23.7 Å². The summed E-state index contributed by atoms with van der Waals surface area (Å²) in [6.07, 6.45) is -17.0. The topological polar surface area (TPSA) is 225 Å². The van der Waals surface area contributed by atoms with Gasteiger partial charge in [-0.1, -0.05) is 6.92 Å². The van der Waals surface area contributed by atoms with Gasteiger partial charge in [0.25, 0.3) is 0 Å². The van der Waals surface area contributed by atoms with Gasteiger partial charge in [-0.25, -0.2) is 0 Å². The SMILES string of the molecule is CC1[C@H](O[C@H]2OC(C=O)[C@@H](O[C@H]3OC(CO)[C@@H](O)C4(CC4)[C@H]3O)[C@H](O)[C@H]2O)C(CO)O[C@H](O)[C@@H]1O. The van der Waals surface area contributed by atoms with Crippen LogP contribution < -0.4 is 0 Å². The molecule has 1 aliphatic carbocycles. The molecule has 3 heterocycles. The Morgan fingerprint density at radius 1 is 0.800 bits per heavy atom. The summed E-state index contributed by atoms with van der Waals surface area (Å²) in [5.41, 5.74) is -0.945. The molecule has 3 saturated heterocycles. The maximum Gasteiger partial charge on any atom is 0.187 e. The van der Waals surface area contributed by atoms with E-state index in [-0.39, 0.29) is 0 Å². The van der Waals surface area contributed by atoms with Gasteiger partial charge in [-0.15, -0.1) is 0 Å². The van der Waals surface area contributed by atoms with E-state index < -0.39 is 104 Å². The summed E-state index contributed by atoms with van der Waals surface area (Å²) in [6, 6.07) is 0. The van der Waals surface area contributed by atoms with Crippen LogP contribution in [0.5, 0.6) is 0 Å². The maximum atomic E-state index is 11.8. The highest BCUT2D eigenvalue weighted by Gasteiger charge is 2.64. The lowest BCUT2D eigenvalue weighted by atomic mass is 9.85. The molecule has 0 aromatic carbocycles. The average Bonchev–Trinajstić information content (AvgIpc) is 3.65. The van der Waals surface area contributed by atoms with Gasteiger partial charge in [0.05, 0.1) is 25.4 Å². The number of aldehydes is 1. The number of carbonyl (C=O) groups excluding carboxylic acids is 1. The number of rotatable bonds is 7. The molecule has 14 atom stereocenters. The van der Waals surface area contributed by atoms with Gasteiger partial charge >= 0.3 is 0 Å². The number of aliphatic hydroxyl groups excluding tert-OH is 8. The molecule has 1 saturated carbocycles. The molecule has 202 valence electrons. The lowest BCUT2D eigenvalue weighted by Gasteiger charge is -2.48. The molecule has 3 aliphatic heterocycles. The molecule has 8 N–H and O–H groups in total. The molecular formula is C21H34O14. The van der Waals surface area contributed by atoms with Gasteiger partial charge in [0.15, 0.2) is 25.2 Å². The van der Waals surface area contributed by atoms with E-state index in [9.17, 15) is 45.6 Å². The summed E-state index contributed by atoms with van der Waals surface area (Å²) in [5, 5.41) is 81.5. The Balaban J connectivity index is 1.47. The van der Waals surface area contributed by atoms with Crippen LogP contribution in [0.3, 0.4) is 0 Å². The van der Waals surface area contributed by atoms with Gasteiger partial charge in [-0.05, 0) is 12.8 Å². The number of carbonyl (C=O) groups is 1. The van der Waals surface area contributed by atoms with Crippen LogP contribution in [0.1, 0.15) is 19.8 Å². The smallest absolute Gasteiger partial charge is 0.187 e. The van der Waals surface area contributed by atoms with Crippen molar-refractivity contribution in [2.24, 2.45) is 11.3 Å². The van der Waals surface area contributed by atoms with E-state index in [2.05, 4.69) is 0 Å². The van der Waals surface area contributed by atoms with Crippen molar-refractivity contribution in [2.75, 3.05) is 13.2 Å². The van der Waals surface area contributed by atoms with Crippen LogP contribution in [0, 0.1) is 11.3 Å². The van der Waals surface area contributed by atoms with Crippen LogP contribution in [-0.4, -0.2) is 140 Å². The number of hydrogen-bond acceptors (Lipinski definition) is 14. The highest BCUT2D eigenvalue weighted by molar-refractivity contribution is 5.57. The van der Waals surface area contributed by atoms with E-state index in [0.717, 1.165) is 0 Å². The Labute approximate surface area is 200 Å². The number of ether oxygens (including phenoxy) is 5. The van der Waals surface area contributed by atoms with E-state index in [1.807, 2.05) is 0 Å². The second-order valence-electron chi connectivity index (χ2n) is 9.73. The highest BCUT2D eigenvalue weighted by atomic mass is 16.7. The van der Waals surface area contributed by atoms with Crippen molar-refractivity contribution in [3.05, 3.63) is 0 Å². The third-order valence-electron chi connectivity index (χ3n) is 7.61. The Hall–Kier alpha value is -0.850. The van der Waals surface area contributed by atoms with E-state index >= 15 is 0 Å². The normalized spacial score (nSPS) is 51.8. The zero-order chi connectivity index (χ0) is 25.7. The van der Waals surface area contributed by atoms with Gasteiger partial charge in [-0.2, -0.15) is 0 Å². The van der Waals surface area contributed by atoms with Crippen LogP contribution in [0.2, 0.25) is 0 Å². The van der Waals surface area contributed by atoms with Gasteiger partial charge in [-0.3, -0.25) is 0 Å². The molecule has 0 bridgehead atoms. The fourth-order valence-electron chi connectivity index (χ4n) is 5.16. The first kappa shape index (κ1) is 27.2. The van der Waals surface area contributed by atoms with Crippen molar-refractivity contribution in [1.29, 1.82) is 0 Å². The highest BCUT2D eigenvalue weighted by Crippen LogP contribution is 2.56. The predicted molar refractivity (Wildman–Crippen MR) is 109 cm³/mol. The average molecular weight is 510 g/mol. The second kappa shape index (κ2) is 10.5. The molecule has 35 heavy (non-hydrogen) atoms. The standard InChI is InChI=1S/C21H34O14/c1-7-11(25)18(30)31-8(4-22)14(7)34-19-13(27)12(26)15(9(5-23)32-19)35-20-17(29)21(2-3-21)16(28)10(6-24)33-20/h5,7-20,22,24-30H,2-4,6H2,1H3/t7?,8?,9?,10?,11-,12-,13-,14+,15-,16-,17+,18+,19-,20-/m1/s1. The summed E-state index contributed by atoms with van der Waals surface area (Å²) in [5.74, 6) is -0.783. The van der Waals surface area contributed by atoms with Crippen LogP contribution in [0.4, 0.5) is 0 Å². The van der Waals surface area contributed by atoms with Crippen molar-refractivity contribution in [2.45, 2.75) is 99.7 Å². The molecule has 0 aromatic rings. The summed E-state index contributed by atoms with van der Waals surface area (Å²) in [4.78, 5) is 11.8. The zero-order valence-electron chi connectivity index (χ0n) is 19.0. The fourth-order valence-corrected chi connectivity index (χ4v) is 5.16. The predicted octanol–water partition coefficient (Wildman–Crippen LogP) is -4.67. The largest absolute Gasteiger partial charge is 0.394 e. The molecule has 0 amide bonds. The van der Waals surface area contributed by atoms with Crippen molar-refractivity contribution in [3.63, 3.8) is 0 Å². The third kappa shape index (κ3) is 4.77. The minimum absolute atomic E-state index is 0.305. The lowest BCUT2D eigenvalue weighted by molar-refractivity contribution is -0.367. The molecule has 4 rings (SSSR count). The van der Waals surface area contributed by atoms with Crippen molar-refractivity contribution >= 4 is 6.29 Å². The van der Waals surface area contributed by atoms with Gasteiger partial charge in [0, 0.05) is 11.3 Å². The van der Waals surface area contributed by atoms with Crippen LogP contribution in [0.25, 0.3) is 0 Å². The first-order valence-electron chi connectivity index (χ1n) is 11.6. The van der Waals surface area contributed by atoms with Crippen LogP contribution in [0.15, 0.2) is 0 Å². The fraction of sp³-hybridized carbons (Fsp3) is 0.952. The minimum Gasteiger partial charge on any atom is -0.394 e. The Morgan fingerprint density at radius 2 is 1.43 bits per heavy atom. The summed E-state index contributed by atoms with van der Waals surface area (Å²) >= 11 is 0. The molecule has 0 radical (unpaired) electrons. The van der Waals surface area contributed by atoms with E-state index in [0.29, 0.717) is 19.1 Å². The molecular weight excluding hydrogens is 476 g/mol. The van der Waals surface area contributed by atoms with E-state index in [1.165, 1.54) is 6.92 Å². The molecule has 14 nitrogen and oxygen atoms in total. The molecule has 1 spiro atoms. The quantitative estimate of drug-likeness (QED) is 0.151. The molecule has 0 aromatic heterocycles. The minimum atomic E-state index is -1.78. The summed E-state index contributed by atoms with van der Waals surface area (Å²) < 4.78 is 27.5. The van der Waals surface area contributed by atoms with Crippen LogP contribution >= 0.6 is 0 Å². The summed E-state index contributed by atoms with van der Waals surface area (Å²) in [7, 11) is 0. The van der Waals surface area contributed by atoms with Crippen molar-refractivity contribution < 1.29 is 69.3 Å². The number of hydrogen-bond donors (Lipinski definition) is 8. The Morgan fingerprint density at radius 3 is 2.00 bits per heavy atom. The monoisotopic (exact) mass is 510 g/mol. The molecule has 4 unspecified atom stereocenters. The maximum absolute atomic E-state index is 11.8. The van der Waals surface area contributed by atoms with Crippen molar-refractivity contribution in [3.8, 4) is 0 Å². The molecule has 4 aliphatic rings. The second-order valence-corrected chi connectivity index (χ2v) is 9.73. The van der Waals surface area contributed by atoms with Crippen LogP contribution in [-0.2, 0) is 28.5 Å². The Kier molecular flexibility index (Phi) is 8.15.